The lowest BCUT2D eigenvalue weighted by Crippen LogP contribution is -2.55. The molecule has 1 spiro atoms. The van der Waals surface area contributed by atoms with E-state index in [1.54, 1.807) is 0 Å². The molecule has 4 saturated carbocycles. The van der Waals surface area contributed by atoms with Gasteiger partial charge in [-0.25, -0.2) is 19.8 Å². The highest BCUT2D eigenvalue weighted by Gasteiger charge is 2.61. The molecule has 0 unspecified atom stereocenters. The first-order chi connectivity index (χ1) is 20.7. The summed E-state index contributed by atoms with van der Waals surface area (Å²) in [6.07, 6.45) is 6.71. The summed E-state index contributed by atoms with van der Waals surface area (Å²) in [4.78, 5) is 19.1. The van der Waals surface area contributed by atoms with Crippen molar-refractivity contribution in [2.24, 2.45) is 23.7 Å². The van der Waals surface area contributed by atoms with Gasteiger partial charge in [-0.1, -0.05) is 91.0 Å². The third-order valence-corrected chi connectivity index (χ3v) is 10.7. The maximum Gasteiger partial charge on any atom is 0.198 e. The third-order valence-electron chi connectivity index (χ3n) is 10.7. The highest BCUT2D eigenvalue weighted by atomic mass is 15.0. The monoisotopic (exact) mass is 542 g/mol. The SMILES string of the molecule is [C-]#[N+]c1cc2c(cc1-c1nc(-c3ccccc3)nc(-c3ccccc3)n1)C1(c3ccccc3-2)C2CC3CC(C2)CC1C3. The standard InChI is InChI=1S/C38H30N4/c1-39-34-22-30-29-14-8-9-15-32(29)38(27-17-23-16-24(19-27)20-28(38)18-23)33(30)21-31(34)37-41-35(25-10-4-2-5-11-25)40-36(42-37)26-12-6-3-7-13-26/h2-15,21-24,27-28H,16-20H2. The van der Waals surface area contributed by atoms with E-state index in [-0.39, 0.29) is 5.41 Å². The number of hydrogen-bond donors (Lipinski definition) is 0. The lowest BCUT2D eigenvalue weighted by molar-refractivity contribution is -0.0399. The number of rotatable bonds is 3. The van der Waals surface area contributed by atoms with Crippen molar-refractivity contribution in [3.63, 3.8) is 0 Å². The van der Waals surface area contributed by atoms with E-state index in [0.717, 1.165) is 28.5 Å². The van der Waals surface area contributed by atoms with Crippen molar-refractivity contribution in [1.82, 2.24) is 15.0 Å². The molecule has 10 rings (SSSR count). The molecule has 1 aromatic heterocycles. The van der Waals surface area contributed by atoms with Crippen LogP contribution in [0.5, 0.6) is 0 Å². The van der Waals surface area contributed by atoms with Gasteiger partial charge in [0.2, 0.25) is 0 Å². The summed E-state index contributed by atoms with van der Waals surface area (Å²) in [7, 11) is 0. The first-order valence-electron chi connectivity index (χ1n) is 15.3. The van der Waals surface area contributed by atoms with Crippen LogP contribution in [0.15, 0.2) is 97.1 Å². The molecule has 0 N–H and O–H groups in total. The van der Waals surface area contributed by atoms with Gasteiger partial charge in [-0.05, 0) is 84.1 Å². The van der Waals surface area contributed by atoms with E-state index in [4.69, 9.17) is 21.5 Å². The molecule has 1 heterocycles. The van der Waals surface area contributed by atoms with E-state index >= 15 is 0 Å². The Morgan fingerprint density at radius 3 is 1.69 bits per heavy atom. The van der Waals surface area contributed by atoms with E-state index in [1.807, 2.05) is 60.7 Å². The Morgan fingerprint density at radius 1 is 0.548 bits per heavy atom. The second-order valence-corrected chi connectivity index (χ2v) is 12.8. The van der Waals surface area contributed by atoms with Gasteiger partial charge in [0.1, 0.15) is 0 Å². The van der Waals surface area contributed by atoms with Gasteiger partial charge >= 0.3 is 0 Å². The maximum atomic E-state index is 8.26. The second kappa shape index (κ2) is 8.94. The molecule has 5 aliphatic carbocycles. The van der Waals surface area contributed by atoms with Crippen LogP contribution in [0.1, 0.15) is 43.2 Å². The van der Waals surface area contributed by atoms with Crippen LogP contribution in [-0.4, -0.2) is 15.0 Å². The summed E-state index contributed by atoms with van der Waals surface area (Å²) in [6.45, 7) is 8.26. The molecule has 4 bridgehead atoms. The smallest absolute Gasteiger partial charge is 0.198 e. The molecule has 42 heavy (non-hydrogen) atoms. The summed E-state index contributed by atoms with van der Waals surface area (Å²) in [5, 5.41) is 0. The summed E-state index contributed by atoms with van der Waals surface area (Å²) in [5.41, 5.74) is 8.79. The van der Waals surface area contributed by atoms with E-state index in [1.165, 1.54) is 54.4 Å². The fourth-order valence-electron chi connectivity index (χ4n) is 9.39. The Bertz CT molecular complexity index is 1820. The zero-order chi connectivity index (χ0) is 27.8. The molecule has 4 fully saturated rings. The molecule has 4 heteroatoms. The fraction of sp³-hybridized carbons (Fsp3) is 0.263. The lowest BCUT2D eigenvalue weighted by Gasteiger charge is -2.61. The number of hydrogen-bond acceptors (Lipinski definition) is 3. The van der Waals surface area contributed by atoms with E-state index in [0.29, 0.717) is 35.0 Å². The van der Waals surface area contributed by atoms with Crippen molar-refractivity contribution >= 4 is 5.69 Å². The van der Waals surface area contributed by atoms with Crippen LogP contribution in [0.25, 0.3) is 50.1 Å². The van der Waals surface area contributed by atoms with Gasteiger partial charge in [0, 0.05) is 22.1 Å². The van der Waals surface area contributed by atoms with Crippen LogP contribution >= 0.6 is 0 Å². The van der Waals surface area contributed by atoms with Crippen LogP contribution in [0.3, 0.4) is 0 Å². The molecule has 4 aromatic carbocycles. The van der Waals surface area contributed by atoms with Crippen molar-refractivity contribution < 1.29 is 0 Å². The van der Waals surface area contributed by atoms with Crippen LogP contribution < -0.4 is 0 Å². The van der Waals surface area contributed by atoms with Crippen molar-refractivity contribution in [2.45, 2.75) is 37.5 Å². The summed E-state index contributed by atoms with van der Waals surface area (Å²) in [6, 6.07) is 33.7. The zero-order valence-corrected chi connectivity index (χ0v) is 23.4. The second-order valence-electron chi connectivity index (χ2n) is 12.8. The Labute approximate surface area is 246 Å². The number of nitrogens with zero attached hydrogens (tertiary/aromatic N) is 4. The third kappa shape index (κ3) is 3.31. The minimum absolute atomic E-state index is 0.0200. The lowest BCUT2D eigenvalue weighted by atomic mass is 9.43. The van der Waals surface area contributed by atoms with Crippen LogP contribution in [0.4, 0.5) is 5.69 Å². The minimum Gasteiger partial charge on any atom is -0.237 e. The Hall–Kier alpha value is -4.62. The normalized spacial score (nSPS) is 26.2. The Balaban J connectivity index is 1.30. The highest BCUT2D eigenvalue weighted by Crippen LogP contribution is 2.69. The molecule has 5 aliphatic rings. The van der Waals surface area contributed by atoms with Gasteiger partial charge < -0.3 is 0 Å². The van der Waals surface area contributed by atoms with Gasteiger partial charge in [0.05, 0.1) is 6.57 Å². The zero-order valence-electron chi connectivity index (χ0n) is 23.4. The minimum atomic E-state index is 0.0200. The fourth-order valence-corrected chi connectivity index (χ4v) is 9.39. The van der Waals surface area contributed by atoms with Crippen LogP contribution in [-0.2, 0) is 5.41 Å². The molecule has 5 aromatic rings. The van der Waals surface area contributed by atoms with Crippen molar-refractivity contribution in [3.8, 4) is 45.3 Å². The van der Waals surface area contributed by atoms with Crippen molar-refractivity contribution in [1.29, 1.82) is 0 Å². The predicted molar refractivity (Wildman–Crippen MR) is 166 cm³/mol. The Kier molecular flexibility index (Phi) is 5.11. The van der Waals surface area contributed by atoms with Crippen molar-refractivity contribution in [3.05, 3.63) is 120 Å². The van der Waals surface area contributed by atoms with E-state index in [9.17, 15) is 0 Å². The molecule has 202 valence electrons. The van der Waals surface area contributed by atoms with Gasteiger partial charge in [0.25, 0.3) is 0 Å². The molecular formula is C38H30N4. The van der Waals surface area contributed by atoms with E-state index in [2.05, 4.69) is 41.2 Å². The molecule has 0 radical (unpaired) electrons. The molecule has 0 aliphatic heterocycles. The van der Waals surface area contributed by atoms with Crippen LogP contribution in [0.2, 0.25) is 0 Å². The summed E-state index contributed by atoms with van der Waals surface area (Å²) < 4.78 is 0. The predicted octanol–water partition coefficient (Wildman–Crippen LogP) is 9.15. The molecule has 4 nitrogen and oxygen atoms in total. The molecule has 0 saturated heterocycles. The van der Waals surface area contributed by atoms with E-state index < -0.39 is 0 Å². The maximum absolute atomic E-state index is 8.26. The largest absolute Gasteiger partial charge is 0.237 e. The highest BCUT2D eigenvalue weighted by molar-refractivity contribution is 5.90. The molecule has 0 amide bonds. The number of benzene rings is 4. The average molecular weight is 543 g/mol. The van der Waals surface area contributed by atoms with Crippen LogP contribution in [0, 0.1) is 30.2 Å². The Morgan fingerprint density at radius 2 is 1.10 bits per heavy atom. The topological polar surface area (TPSA) is 43.0 Å². The molecular weight excluding hydrogens is 512 g/mol. The van der Waals surface area contributed by atoms with Gasteiger partial charge in [0.15, 0.2) is 23.2 Å². The first-order valence-corrected chi connectivity index (χ1v) is 15.3. The summed E-state index contributed by atoms with van der Waals surface area (Å²) >= 11 is 0. The van der Waals surface area contributed by atoms with Crippen molar-refractivity contribution in [2.75, 3.05) is 0 Å². The quantitative estimate of drug-likeness (QED) is 0.214. The number of fused-ring (bicyclic) bond motifs is 3. The molecule has 0 atom stereocenters. The average Bonchev–Trinajstić information content (AvgIpc) is 3.33. The van der Waals surface area contributed by atoms with Gasteiger partial charge in [-0.15, -0.1) is 0 Å². The number of aromatic nitrogens is 3. The first kappa shape index (κ1) is 24.0. The summed E-state index contributed by atoms with van der Waals surface area (Å²) in [5.74, 6) is 4.89. The van der Waals surface area contributed by atoms with Gasteiger partial charge in [-0.2, -0.15) is 0 Å². The van der Waals surface area contributed by atoms with Gasteiger partial charge in [-0.3, -0.25) is 0 Å².